The summed E-state index contributed by atoms with van der Waals surface area (Å²) in [5.41, 5.74) is 2.70. The molecule has 0 radical (unpaired) electrons. The molecule has 42 heavy (non-hydrogen) atoms. The minimum absolute atomic E-state index is 0.00769. The normalized spacial score (nSPS) is 9.79. The van der Waals surface area contributed by atoms with Crippen molar-refractivity contribution in [3.05, 3.63) is 47.3 Å². The Morgan fingerprint density at radius 1 is 0.786 bits per heavy atom. The molecular weight excluding hydrogens is 533 g/mol. The molecule has 0 fully saturated rings. The number of hydrogen-bond acceptors (Lipinski definition) is 6. The van der Waals surface area contributed by atoms with Crippen LogP contribution in [0.4, 0.5) is 4.39 Å². The second-order valence-electron chi connectivity index (χ2n) is 10.4. The quantitative estimate of drug-likeness (QED) is 0.203. The Kier molecular flexibility index (Phi) is 24.7. The maximum absolute atomic E-state index is 12.7. The maximum Gasteiger partial charge on any atom is 0.206 e. The molecule has 8 heteroatoms. The predicted molar refractivity (Wildman–Crippen MR) is 173 cm³/mol. The third-order valence-electron chi connectivity index (χ3n) is 6.15. The molecule has 0 aliphatic heterocycles. The lowest BCUT2D eigenvalue weighted by atomic mass is 10.0. The number of Topliss-reactive ketones (excluding diaryl/α,β-unsaturated/α-hetero) is 2. The molecule has 0 aliphatic rings. The van der Waals surface area contributed by atoms with Gasteiger partial charge < -0.3 is 15.0 Å². The van der Waals surface area contributed by atoms with Gasteiger partial charge in [0.1, 0.15) is 16.8 Å². The van der Waals surface area contributed by atoms with Crippen LogP contribution in [0.2, 0.25) is 0 Å². The molecule has 3 rings (SSSR count). The van der Waals surface area contributed by atoms with Gasteiger partial charge in [0.05, 0.1) is 0 Å². The van der Waals surface area contributed by atoms with Crippen LogP contribution in [0.5, 0.6) is 11.5 Å². The number of carbonyl (C=O) groups excluding carboxylic acids is 2. The zero-order valence-corrected chi connectivity index (χ0v) is 27.5. The molecule has 7 nitrogen and oxygen atoms in total. The smallest absolute Gasteiger partial charge is 0.206 e. The number of aromatic nitrogens is 3. The number of H-pyrrole nitrogens is 1. The summed E-state index contributed by atoms with van der Waals surface area (Å²) in [4.78, 5) is 21.6. The fourth-order valence-corrected chi connectivity index (χ4v) is 3.30. The summed E-state index contributed by atoms with van der Waals surface area (Å²) in [6.07, 6.45) is 11.5. The first-order chi connectivity index (χ1) is 19.9. The van der Waals surface area contributed by atoms with Crippen molar-refractivity contribution in [1.82, 2.24) is 15.4 Å². The number of aryl methyl sites for hydroxylation is 1. The number of nitrogens with zero attached hydrogens (tertiary/aromatic N) is 2. The first-order valence-electron chi connectivity index (χ1n) is 15.4. The first-order valence-corrected chi connectivity index (χ1v) is 15.4. The minimum atomic E-state index is -1.03. The Morgan fingerprint density at radius 3 is 1.67 bits per heavy atom. The zero-order chi connectivity index (χ0) is 32.5. The highest BCUT2D eigenvalue weighted by molar-refractivity contribution is 5.97. The van der Waals surface area contributed by atoms with Gasteiger partial charge in [0.15, 0.2) is 17.3 Å². The monoisotopic (exact) mass is 589 g/mol. The number of ketones is 2. The topological polar surface area (TPSA) is 116 Å². The van der Waals surface area contributed by atoms with Crippen molar-refractivity contribution >= 4 is 22.6 Å². The number of rotatable bonds is 10. The second kappa shape index (κ2) is 25.4. The van der Waals surface area contributed by atoms with Crippen molar-refractivity contribution in [2.75, 3.05) is 0 Å². The van der Waals surface area contributed by atoms with Crippen LogP contribution in [-0.4, -0.2) is 37.2 Å². The summed E-state index contributed by atoms with van der Waals surface area (Å²) in [7, 11) is 0. The fourth-order valence-electron chi connectivity index (χ4n) is 3.30. The molecule has 0 atom stereocenters. The molecule has 0 spiro atoms. The van der Waals surface area contributed by atoms with Crippen molar-refractivity contribution < 1.29 is 24.2 Å². The number of phenolic OH excluding ortho intramolecular Hbond substituents is 2. The predicted octanol–water partition coefficient (Wildman–Crippen LogP) is 9.75. The van der Waals surface area contributed by atoms with Crippen molar-refractivity contribution in [3.63, 3.8) is 0 Å². The van der Waals surface area contributed by atoms with Gasteiger partial charge in [0.25, 0.3) is 0 Å². The standard InChI is InChI=1S/C10H11FO3.C8H7N3O.C8H18.2C4H10/c1-6(12)2-3-7-4-8(13)10(11)9(14)5-7;1-5(12)6-2-3-7-8(4-6)10-11-9-7;1-4-6-8(3)7-5-2;2*1-3-4-2/h4-5,13-14H,2-3H2,1H3;2-4H,1H3,(H,9,10,11);8H,4-7H2,1-3H3;2*3-4H2,1-2H3. The molecular formula is C34H56FN3O4. The number of fused-ring (bicyclic) bond motifs is 1. The number of aromatic amines is 1. The number of halogens is 1. The average Bonchev–Trinajstić information content (AvgIpc) is 3.44. The van der Waals surface area contributed by atoms with E-state index in [9.17, 15) is 14.0 Å². The lowest BCUT2D eigenvalue weighted by Crippen LogP contribution is -1.94. The Labute approximate surface area is 253 Å². The van der Waals surface area contributed by atoms with Gasteiger partial charge in [0.2, 0.25) is 5.82 Å². The SMILES string of the molecule is CC(=O)CCc1cc(O)c(F)c(O)c1.CC(=O)c1ccc2n[nH]nc2c1.CCCC.CCCC.CCCC(C)CCC. The van der Waals surface area contributed by atoms with Crippen LogP contribution in [-0.2, 0) is 11.2 Å². The van der Waals surface area contributed by atoms with Crippen molar-refractivity contribution in [2.45, 2.75) is 127 Å². The third kappa shape index (κ3) is 19.7. The van der Waals surface area contributed by atoms with E-state index < -0.39 is 17.3 Å². The molecule has 0 amide bonds. The lowest BCUT2D eigenvalue weighted by molar-refractivity contribution is -0.116. The molecule has 0 unspecified atom stereocenters. The Morgan fingerprint density at radius 2 is 1.26 bits per heavy atom. The number of benzene rings is 2. The van der Waals surface area contributed by atoms with Gasteiger partial charge in [-0.3, -0.25) is 4.79 Å². The molecule has 1 heterocycles. The van der Waals surface area contributed by atoms with Crippen LogP contribution in [0.25, 0.3) is 11.0 Å². The van der Waals surface area contributed by atoms with E-state index in [0.29, 0.717) is 24.0 Å². The molecule has 0 saturated carbocycles. The van der Waals surface area contributed by atoms with E-state index in [1.165, 1.54) is 77.3 Å². The highest BCUT2D eigenvalue weighted by atomic mass is 19.1. The van der Waals surface area contributed by atoms with Gasteiger partial charge in [-0.1, -0.05) is 99.8 Å². The van der Waals surface area contributed by atoms with Gasteiger partial charge in [0, 0.05) is 12.0 Å². The molecule has 3 aromatic rings. The molecule has 0 aliphatic carbocycles. The molecule has 0 bridgehead atoms. The van der Waals surface area contributed by atoms with E-state index in [2.05, 4.69) is 63.9 Å². The van der Waals surface area contributed by atoms with E-state index in [1.807, 2.05) is 0 Å². The number of unbranched alkanes of at least 4 members (excludes halogenated alkanes) is 2. The number of carbonyl (C=O) groups is 2. The molecule has 2 aromatic carbocycles. The molecule has 3 N–H and O–H groups in total. The minimum Gasteiger partial charge on any atom is -0.505 e. The molecule has 0 saturated heterocycles. The van der Waals surface area contributed by atoms with Crippen molar-refractivity contribution in [1.29, 1.82) is 0 Å². The van der Waals surface area contributed by atoms with Gasteiger partial charge >= 0.3 is 0 Å². The average molecular weight is 590 g/mol. The van der Waals surface area contributed by atoms with Crippen LogP contribution >= 0.6 is 0 Å². The highest BCUT2D eigenvalue weighted by Crippen LogP contribution is 2.27. The highest BCUT2D eigenvalue weighted by Gasteiger charge is 2.09. The van der Waals surface area contributed by atoms with Crippen LogP contribution < -0.4 is 0 Å². The van der Waals surface area contributed by atoms with Crippen molar-refractivity contribution in [3.8, 4) is 11.5 Å². The van der Waals surface area contributed by atoms with Gasteiger partial charge in [-0.15, -0.1) is 0 Å². The number of aromatic hydroxyl groups is 2. The summed E-state index contributed by atoms with van der Waals surface area (Å²) in [6, 6.07) is 7.65. The van der Waals surface area contributed by atoms with Gasteiger partial charge in [-0.2, -0.15) is 19.8 Å². The van der Waals surface area contributed by atoms with Gasteiger partial charge in [-0.25, -0.2) is 0 Å². The number of phenols is 2. The van der Waals surface area contributed by atoms with E-state index in [4.69, 9.17) is 10.2 Å². The van der Waals surface area contributed by atoms with Crippen LogP contribution in [0.15, 0.2) is 30.3 Å². The Balaban J connectivity index is 0. The molecule has 1 aromatic heterocycles. The Bertz CT molecular complexity index is 1090. The van der Waals surface area contributed by atoms with Crippen LogP contribution in [0, 0.1) is 11.7 Å². The van der Waals surface area contributed by atoms with E-state index in [1.54, 1.807) is 18.2 Å². The maximum atomic E-state index is 12.7. The van der Waals surface area contributed by atoms with Crippen molar-refractivity contribution in [2.24, 2.45) is 5.92 Å². The fraction of sp³-hybridized carbons (Fsp3) is 0.588. The second-order valence-corrected chi connectivity index (χ2v) is 10.4. The third-order valence-corrected chi connectivity index (χ3v) is 6.15. The summed E-state index contributed by atoms with van der Waals surface area (Å²) < 4.78 is 12.7. The van der Waals surface area contributed by atoms with E-state index in [0.717, 1.165) is 17.0 Å². The number of nitrogens with one attached hydrogen (secondary N) is 1. The van der Waals surface area contributed by atoms with E-state index in [-0.39, 0.29) is 11.6 Å². The lowest BCUT2D eigenvalue weighted by Gasteiger charge is -2.05. The Hall–Kier alpha value is -3.29. The number of hydrogen-bond donors (Lipinski definition) is 3. The summed E-state index contributed by atoms with van der Waals surface area (Å²) in [6.45, 7) is 18.6. The largest absolute Gasteiger partial charge is 0.505 e. The van der Waals surface area contributed by atoms with Gasteiger partial charge in [-0.05, 0) is 62.1 Å². The van der Waals surface area contributed by atoms with Crippen LogP contribution in [0.3, 0.4) is 0 Å². The summed E-state index contributed by atoms with van der Waals surface area (Å²) in [5, 5.41) is 28.3. The van der Waals surface area contributed by atoms with Crippen LogP contribution in [0.1, 0.15) is 136 Å². The zero-order valence-electron chi connectivity index (χ0n) is 27.5. The molecule has 238 valence electrons. The van der Waals surface area contributed by atoms with E-state index >= 15 is 0 Å². The first kappa shape index (κ1) is 40.8. The summed E-state index contributed by atoms with van der Waals surface area (Å²) in [5.74, 6) is -1.21. The summed E-state index contributed by atoms with van der Waals surface area (Å²) >= 11 is 0.